The third-order valence-electron chi connectivity index (χ3n) is 5.26. The van der Waals surface area contributed by atoms with Gasteiger partial charge in [-0.25, -0.2) is 9.97 Å². The molecule has 4 aromatic rings. The largest absolute Gasteiger partial charge is 0.482 e. The van der Waals surface area contributed by atoms with Crippen molar-refractivity contribution in [2.24, 2.45) is 0 Å². The van der Waals surface area contributed by atoms with Crippen LogP contribution < -0.4 is 20.7 Å². The van der Waals surface area contributed by atoms with Crippen LogP contribution in [0.3, 0.4) is 0 Å². The maximum Gasteiger partial charge on any atom is 0.272 e. The molecule has 1 aliphatic heterocycles. The maximum absolute atomic E-state index is 12.8. The van der Waals surface area contributed by atoms with Crippen molar-refractivity contribution in [1.29, 1.82) is 0 Å². The molecule has 4 N–H and O–H groups in total. The topological polar surface area (TPSA) is 151 Å². The average Bonchev–Trinajstić information content (AvgIpc) is 3.30. The Bertz CT molecular complexity index is 1400. The lowest BCUT2D eigenvalue weighted by atomic mass is 10.1. The third kappa shape index (κ3) is 4.26. The van der Waals surface area contributed by atoms with Crippen LogP contribution in [0.25, 0.3) is 11.0 Å². The fourth-order valence-electron chi connectivity index (χ4n) is 3.57. The lowest BCUT2D eigenvalue weighted by Gasteiger charge is -2.18. The number of nitrogens with zero attached hydrogens (tertiary/aromatic N) is 3. The van der Waals surface area contributed by atoms with E-state index in [4.69, 9.17) is 4.74 Å². The Kier molecular flexibility index (Phi) is 5.56. The number of amides is 3. The van der Waals surface area contributed by atoms with Gasteiger partial charge in [0, 0.05) is 31.7 Å². The van der Waals surface area contributed by atoms with Gasteiger partial charge in [-0.05, 0) is 35.4 Å². The Morgan fingerprint density at radius 2 is 1.79 bits per heavy atom. The molecule has 11 heteroatoms. The molecule has 170 valence electrons. The SMILES string of the molecule is O=C1COc2ccc(CNC(=O)c3ncnc4c(C(=O)NCc5ccncc5)c[nH]c34)cc2N1. The quantitative estimate of drug-likeness (QED) is 0.343. The lowest BCUT2D eigenvalue weighted by Crippen LogP contribution is -2.26. The third-order valence-corrected chi connectivity index (χ3v) is 5.26. The standard InChI is InChI=1S/C23H19N7O4/c31-18-11-34-17-2-1-14(7-16(17)30-18)9-27-23(33)21-20-19(28-12-29-21)15(10-25-20)22(32)26-8-13-3-5-24-6-4-13/h1-7,10,12,25H,8-9,11H2,(H,26,32)(H,27,33)(H,30,31). The second-order valence-electron chi connectivity index (χ2n) is 7.54. The van der Waals surface area contributed by atoms with Gasteiger partial charge in [0.1, 0.15) is 17.6 Å². The zero-order valence-electron chi connectivity index (χ0n) is 17.8. The van der Waals surface area contributed by atoms with Crippen molar-refractivity contribution >= 4 is 34.4 Å². The smallest absolute Gasteiger partial charge is 0.272 e. The molecule has 34 heavy (non-hydrogen) atoms. The minimum Gasteiger partial charge on any atom is -0.482 e. The summed E-state index contributed by atoms with van der Waals surface area (Å²) in [6.45, 7) is 0.513. The molecule has 1 aromatic carbocycles. The van der Waals surface area contributed by atoms with E-state index in [9.17, 15) is 14.4 Å². The van der Waals surface area contributed by atoms with Crippen molar-refractivity contribution in [3.05, 3.63) is 77.6 Å². The summed E-state index contributed by atoms with van der Waals surface area (Å²) in [7, 11) is 0. The molecule has 0 atom stereocenters. The first kappa shape index (κ1) is 21.1. The van der Waals surface area contributed by atoms with Gasteiger partial charge in [-0.2, -0.15) is 0 Å². The number of carbonyl (C=O) groups excluding carboxylic acids is 3. The van der Waals surface area contributed by atoms with Gasteiger partial charge in [-0.15, -0.1) is 0 Å². The van der Waals surface area contributed by atoms with Crippen LogP contribution in [0.2, 0.25) is 0 Å². The van der Waals surface area contributed by atoms with Crippen LogP contribution in [0.4, 0.5) is 5.69 Å². The molecule has 0 spiro atoms. The summed E-state index contributed by atoms with van der Waals surface area (Å²) in [5, 5.41) is 8.36. The highest BCUT2D eigenvalue weighted by molar-refractivity contribution is 6.10. The fraction of sp³-hybridized carbons (Fsp3) is 0.130. The van der Waals surface area contributed by atoms with Crippen molar-refractivity contribution in [2.45, 2.75) is 13.1 Å². The molecule has 0 saturated heterocycles. The van der Waals surface area contributed by atoms with Gasteiger partial charge in [0.15, 0.2) is 12.3 Å². The highest BCUT2D eigenvalue weighted by atomic mass is 16.5. The van der Waals surface area contributed by atoms with Crippen molar-refractivity contribution in [3.8, 4) is 5.75 Å². The minimum absolute atomic E-state index is 0.0211. The molecule has 0 aliphatic carbocycles. The van der Waals surface area contributed by atoms with Crippen LogP contribution in [0.5, 0.6) is 5.75 Å². The lowest BCUT2D eigenvalue weighted by molar-refractivity contribution is -0.118. The molecule has 11 nitrogen and oxygen atoms in total. The van der Waals surface area contributed by atoms with Crippen LogP contribution in [-0.2, 0) is 17.9 Å². The minimum atomic E-state index is -0.434. The molecular weight excluding hydrogens is 438 g/mol. The molecule has 3 amide bonds. The predicted molar refractivity (Wildman–Crippen MR) is 121 cm³/mol. The Hall–Kier alpha value is -4.80. The second-order valence-corrected chi connectivity index (χ2v) is 7.54. The molecule has 3 aromatic heterocycles. The number of pyridine rings is 1. The zero-order valence-corrected chi connectivity index (χ0v) is 17.8. The summed E-state index contributed by atoms with van der Waals surface area (Å²) in [6, 6.07) is 8.89. The first-order valence-corrected chi connectivity index (χ1v) is 10.4. The number of hydrogen-bond acceptors (Lipinski definition) is 7. The van der Waals surface area contributed by atoms with Gasteiger partial charge in [0.25, 0.3) is 17.7 Å². The summed E-state index contributed by atoms with van der Waals surface area (Å²) in [5.41, 5.74) is 3.37. The first-order valence-electron chi connectivity index (χ1n) is 10.4. The Labute approximate surface area is 193 Å². The van der Waals surface area contributed by atoms with Gasteiger partial charge in [0.2, 0.25) is 0 Å². The van der Waals surface area contributed by atoms with Crippen LogP contribution in [-0.4, -0.2) is 44.3 Å². The zero-order chi connectivity index (χ0) is 23.5. The normalized spacial score (nSPS) is 12.4. The highest BCUT2D eigenvalue weighted by Gasteiger charge is 2.20. The molecule has 0 unspecified atom stereocenters. The average molecular weight is 457 g/mol. The van der Waals surface area contributed by atoms with Crippen LogP contribution in [0, 0.1) is 0 Å². The van der Waals surface area contributed by atoms with E-state index in [0.717, 1.165) is 11.1 Å². The van der Waals surface area contributed by atoms with Crippen molar-refractivity contribution in [1.82, 2.24) is 30.6 Å². The van der Waals surface area contributed by atoms with E-state index in [0.29, 0.717) is 34.6 Å². The predicted octanol–water partition coefficient (Wildman–Crippen LogP) is 1.54. The number of benzene rings is 1. The molecule has 0 bridgehead atoms. The number of carbonyl (C=O) groups is 3. The van der Waals surface area contributed by atoms with E-state index in [-0.39, 0.29) is 30.7 Å². The number of H-pyrrole nitrogens is 1. The maximum atomic E-state index is 12.8. The molecule has 1 aliphatic rings. The van der Waals surface area contributed by atoms with E-state index in [1.165, 1.54) is 12.5 Å². The molecule has 0 fully saturated rings. The number of aromatic nitrogens is 4. The number of aromatic amines is 1. The number of ether oxygens (including phenoxy) is 1. The summed E-state index contributed by atoms with van der Waals surface area (Å²) < 4.78 is 5.34. The molecule has 0 radical (unpaired) electrons. The van der Waals surface area contributed by atoms with Crippen LogP contribution in [0.1, 0.15) is 32.0 Å². The van der Waals surface area contributed by atoms with Gasteiger partial charge >= 0.3 is 0 Å². The monoisotopic (exact) mass is 457 g/mol. The number of nitrogens with one attached hydrogen (secondary N) is 4. The summed E-state index contributed by atoms with van der Waals surface area (Å²) in [4.78, 5) is 52.2. The van der Waals surface area contributed by atoms with E-state index in [1.54, 1.807) is 30.6 Å². The van der Waals surface area contributed by atoms with Gasteiger partial charge in [0.05, 0.1) is 16.8 Å². The van der Waals surface area contributed by atoms with E-state index in [1.807, 2.05) is 12.1 Å². The Morgan fingerprint density at radius 3 is 2.65 bits per heavy atom. The van der Waals surface area contributed by atoms with E-state index in [2.05, 4.69) is 35.9 Å². The van der Waals surface area contributed by atoms with Crippen LogP contribution >= 0.6 is 0 Å². The molecule has 4 heterocycles. The molecule has 0 saturated carbocycles. The van der Waals surface area contributed by atoms with Crippen molar-refractivity contribution in [3.63, 3.8) is 0 Å². The number of rotatable bonds is 6. The van der Waals surface area contributed by atoms with Crippen molar-refractivity contribution < 1.29 is 19.1 Å². The molecular formula is C23H19N7O4. The van der Waals surface area contributed by atoms with Gasteiger partial charge < -0.3 is 25.7 Å². The van der Waals surface area contributed by atoms with E-state index < -0.39 is 5.91 Å². The number of anilines is 1. The second kappa shape index (κ2) is 8.98. The first-order chi connectivity index (χ1) is 16.6. The number of hydrogen-bond donors (Lipinski definition) is 4. The summed E-state index contributed by atoms with van der Waals surface area (Å²) >= 11 is 0. The molecule has 5 rings (SSSR count). The Morgan fingerprint density at radius 1 is 1.00 bits per heavy atom. The summed E-state index contributed by atoms with van der Waals surface area (Å²) in [5.74, 6) is -0.416. The van der Waals surface area contributed by atoms with Gasteiger partial charge in [-0.1, -0.05) is 6.07 Å². The Balaban J connectivity index is 1.29. The fourth-order valence-corrected chi connectivity index (χ4v) is 3.57. The number of fused-ring (bicyclic) bond motifs is 2. The highest BCUT2D eigenvalue weighted by Crippen LogP contribution is 2.28. The van der Waals surface area contributed by atoms with Gasteiger partial charge in [-0.3, -0.25) is 19.4 Å². The van der Waals surface area contributed by atoms with Crippen molar-refractivity contribution in [2.75, 3.05) is 11.9 Å². The summed E-state index contributed by atoms with van der Waals surface area (Å²) in [6.07, 6.45) is 6.05. The van der Waals surface area contributed by atoms with Crippen LogP contribution in [0.15, 0.2) is 55.2 Å². The van der Waals surface area contributed by atoms with E-state index >= 15 is 0 Å².